The second-order valence-electron chi connectivity index (χ2n) is 5.64. The number of hydrogen-bond acceptors (Lipinski definition) is 5. The van der Waals surface area contributed by atoms with Crippen molar-refractivity contribution < 1.29 is 13.0 Å². The molecule has 0 amide bonds. The molecule has 25 heavy (non-hydrogen) atoms. The average molecular weight is 361 g/mol. The Morgan fingerprint density at radius 2 is 1.64 bits per heavy atom. The highest BCUT2D eigenvalue weighted by molar-refractivity contribution is 7.85. The summed E-state index contributed by atoms with van der Waals surface area (Å²) in [6.45, 7) is 3.60. The Morgan fingerprint density at radius 1 is 1.08 bits per heavy atom. The van der Waals surface area contributed by atoms with Crippen LogP contribution in [0.15, 0.2) is 65.7 Å². The third-order valence-electron chi connectivity index (χ3n) is 3.44. The lowest BCUT2D eigenvalue weighted by atomic mass is 10.2. The smallest absolute Gasteiger partial charge is 0.261 e. The number of hydrogen-bond donors (Lipinski definition) is 2. The minimum atomic E-state index is -3.67. The maximum absolute atomic E-state index is 9.19. The first kappa shape index (κ1) is 19.1. The van der Waals surface area contributed by atoms with Gasteiger partial charge in [0.15, 0.2) is 0 Å². The van der Waals surface area contributed by atoms with E-state index in [1.165, 1.54) is 11.1 Å². The van der Waals surface area contributed by atoms with Crippen molar-refractivity contribution in [3.8, 4) is 0 Å². The molecule has 7 heteroatoms. The molecule has 6 nitrogen and oxygen atoms in total. The zero-order valence-corrected chi connectivity index (χ0v) is 15.0. The molecule has 2 N–H and O–H groups in total. The van der Waals surface area contributed by atoms with Crippen molar-refractivity contribution in [3.63, 3.8) is 0 Å². The van der Waals surface area contributed by atoms with Crippen LogP contribution in [0.5, 0.6) is 0 Å². The van der Waals surface area contributed by atoms with Crippen molar-refractivity contribution in [1.82, 2.24) is 10.2 Å². The lowest BCUT2D eigenvalue weighted by Gasteiger charge is -2.21. The van der Waals surface area contributed by atoms with Crippen molar-refractivity contribution in [2.24, 2.45) is 4.99 Å². The highest BCUT2D eigenvalue weighted by Gasteiger charge is 2.17. The highest BCUT2D eigenvalue weighted by Crippen LogP contribution is 2.10. The predicted octanol–water partition coefficient (Wildman–Crippen LogP) is 2.00. The molecular formula is C18H23N3O3S. The Labute approximate surface area is 149 Å². The maximum atomic E-state index is 9.19. The fraction of sp³-hybridized carbons (Fsp3) is 0.278. The molecule has 1 aliphatic rings. The van der Waals surface area contributed by atoms with Crippen molar-refractivity contribution in [1.29, 1.82) is 0 Å². The van der Waals surface area contributed by atoms with Gasteiger partial charge in [0, 0.05) is 18.7 Å². The van der Waals surface area contributed by atoms with E-state index in [1.54, 1.807) is 0 Å². The van der Waals surface area contributed by atoms with Crippen LogP contribution < -0.4 is 5.32 Å². The summed E-state index contributed by atoms with van der Waals surface area (Å²) in [5.41, 5.74) is 2.51. The molecule has 2 aromatic carbocycles. The molecule has 0 radical (unpaired) electrons. The Balaban J connectivity index is 0.000000399. The van der Waals surface area contributed by atoms with Gasteiger partial charge in [0.05, 0.1) is 19.5 Å². The van der Waals surface area contributed by atoms with Crippen LogP contribution in [0.2, 0.25) is 0 Å². The first-order valence-corrected chi connectivity index (χ1v) is 9.80. The molecule has 3 rings (SSSR count). The minimum Gasteiger partial charge on any atom is -0.342 e. The summed E-state index contributed by atoms with van der Waals surface area (Å²) in [5.74, 6) is 1.10. The molecule has 1 heterocycles. The van der Waals surface area contributed by atoms with Gasteiger partial charge >= 0.3 is 0 Å². The van der Waals surface area contributed by atoms with Gasteiger partial charge in [0.1, 0.15) is 5.84 Å². The molecule has 0 fully saturated rings. The molecule has 0 saturated carbocycles. The molecule has 1 aliphatic heterocycles. The summed E-state index contributed by atoms with van der Waals surface area (Å²) in [7, 11) is -3.67. The first-order chi connectivity index (χ1) is 11.9. The largest absolute Gasteiger partial charge is 0.342 e. The summed E-state index contributed by atoms with van der Waals surface area (Å²) in [4.78, 5) is 6.92. The summed E-state index contributed by atoms with van der Waals surface area (Å²) >= 11 is 0. The molecule has 0 spiro atoms. The topological polar surface area (TPSA) is 82.0 Å². The number of nitrogens with zero attached hydrogens (tertiary/aromatic N) is 2. The summed E-state index contributed by atoms with van der Waals surface area (Å²) < 4.78 is 25.9. The lowest BCUT2D eigenvalue weighted by Crippen LogP contribution is -2.37. The Morgan fingerprint density at radius 3 is 2.24 bits per heavy atom. The van der Waals surface area contributed by atoms with Gasteiger partial charge in [-0.2, -0.15) is 8.42 Å². The average Bonchev–Trinajstić information content (AvgIpc) is 3.04. The normalized spacial score (nSPS) is 13.8. The summed E-state index contributed by atoms with van der Waals surface area (Å²) in [6, 6.07) is 20.9. The standard InChI is InChI=1S/C17H19N3.CH4O3S/c1-3-7-15(8-4-1)13-18-14-20-12-11-19-17(20)16-9-5-2-6-10-16;1-5(2,3)4/h1-10,18H,11-14H2;1H3,(H,2,3,4). The highest BCUT2D eigenvalue weighted by atomic mass is 32.2. The molecule has 0 bridgehead atoms. The summed E-state index contributed by atoms with van der Waals surface area (Å²) in [5, 5.41) is 3.49. The SMILES string of the molecule is CS(=O)(=O)O.c1ccc(CNCN2CCN=C2c2ccccc2)cc1. The van der Waals surface area contributed by atoms with Crippen LogP contribution in [0.3, 0.4) is 0 Å². The van der Waals surface area contributed by atoms with Crippen molar-refractivity contribution in [2.45, 2.75) is 6.54 Å². The van der Waals surface area contributed by atoms with Crippen LogP contribution >= 0.6 is 0 Å². The zero-order chi connectivity index (χ0) is 18.1. The molecule has 0 atom stereocenters. The summed E-state index contributed by atoms with van der Waals surface area (Å²) in [6.07, 6.45) is 0.715. The molecule has 134 valence electrons. The van der Waals surface area contributed by atoms with E-state index in [0.717, 1.165) is 32.1 Å². The first-order valence-electron chi connectivity index (χ1n) is 7.95. The molecule has 0 aromatic heterocycles. The van der Waals surface area contributed by atoms with Crippen molar-refractivity contribution in [3.05, 3.63) is 71.8 Å². The molecule has 0 aliphatic carbocycles. The number of aliphatic imine (C=N–C) groups is 1. The number of amidine groups is 1. The second-order valence-corrected chi connectivity index (χ2v) is 7.10. The van der Waals surface area contributed by atoms with E-state index in [1.807, 2.05) is 12.1 Å². The van der Waals surface area contributed by atoms with Crippen LogP contribution in [0, 0.1) is 0 Å². The van der Waals surface area contributed by atoms with E-state index in [9.17, 15) is 8.42 Å². The van der Waals surface area contributed by atoms with E-state index < -0.39 is 10.1 Å². The van der Waals surface area contributed by atoms with E-state index in [0.29, 0.717) is 6.26 Å². The fourth-order valence-corrected chi connectivity index (χ4v) is 2.43. The third-order valence-corrected chi connectivity index (χ3v) is 3.44. The van der Waals surface area contributed by atoms with Gasteiger partial charge in [-0.15, -0.1) is 0 Å². The Kier molecular flexibility index (Phi) is 7.12. The van der Waals surface area contributed by atoms with Gasteiger partial charge in [-0.05, 0) is 5.56 Å². The molecular weight excluding hydrogens is 338 g/mol. The van der Waals surface area contributed by atoms with Crippen molar-refractivity contribution >= 4 is 16.0 Å². The lowest BCUT2D eigenvalue weighted by molar-refractivity contribution is 0.409. The predicted molar refractivity (Wildman–Crippen MR) is 100 cm³/mol. The zero-order valence-electron chi connectivity index (χ0n) is 14.2. The van der Waals surface area contributed by atoms with E-state index in [-0.39, 0.29) is 0 Å². The van der Waals surface area contributed by atoms with Crippen LogP contribution in [-0.2, 0) is 16.7 Å². The van der Waals surface area contributed by atoms with Crippen molar-refractivity contribution in [2.75, 3.05) is 26.0 Å². The second kappa shape index (κ2) is 9.31. The third kappa shape index (κ3) is 7.47. The quantitative estimate of drug-likeness (QED) is 0.796. The molecule has 0 saturated heterocycles. The van der Waals surface area contributed by atoms with Crippen LogP contribution in [0.1, 0.15) is 11.1 Å². The van der Waals surface area contributed by atoms with Gasteiger partial charge in [0.2, 0.25) is 0 Å². The maximum Gasteiger partial charge on any atom is 0.261 e. The molecule has 2 aromatic rings. The van der Waals surface area contributed by atoms with Gasteiger partial charge in [-0.1, -0.05) is 60.7 Å². The van der Waals surface area contributed by atoms with Gasteiger partial charge < -0.3 is 4.90 Å². The Hall–Kier alpha value is -2.22. The minimum absolute atomic E-state index is 0.715. The van der Waals surface area contributed by atoms with Crippen LogP contribution in [-0.4, -0.2) is 49.7 Å². The van der Waals surface area contributed by atoms with Crippen LogP contribution in [0.25, 0.3) is 0 Å². The number of rotatable bonds is 5. The van der Waals surface area contributed by atoms with Gasteiger partial charge in [0.25, 0.3) is 10.1 Å². The van der Waals surface area contributed by atoms with Crippen LogP contribution in [0.4, 0.5) is 0 Å². The number of benzene rings is 2. The molecule has 0 unspecified atom stereocenters. The van der Waals surface area contributed by atoms with Gasteiger partial charge in [-0.3, -0.25) is 14.9 Å². The van der Waals surface area contributed by atoms with E-state index in [2.05, 4.69) is 63.7 Å². The monoisotopic (exact) mass is 361 g/mol. The number of nitrogens with one attached hydrogen (secondary N) is 1. The fourth-order valence-electron chi connectivity index (χ4n) is 2.43. The van der Waals surface area contributed by atoms with E-state index >= 15 is 0 Å². The van der Waals surface area contributed by atoms with E-state index in [4.69, 9.17) is 4.55 Å². The Bertz CT molecular complexity index is 770. The van der Waals surface area contributed by atoms with Gasteiger partial charge in [-0.25, -0.2) is 0 Å².